The van der Waals surface area contributed by atoms with E-state index in [1.165, 1.54) is 10.7 Å². The second-order valence-corrected chi connectivity index (χ2v) is 12.4. The van der Waals surface area contributed by atoms with Gasteiger partial charge in [0.2, 0.25) is 16.0 Å². The molecular formula is C28H38N8O2S. The number of aryl methyl sites for hydroxylation is 1. The highest BCUT2D eigenvalue weighted by Crippen LogP contribution is 2.30. The van der Waals surface area contributed by atoms with Crippen LogP contribution >= 0.6 is 0 Å². The normalized spacial score (nSPS) is 19.2. The van der Waals surface area contributed by atoms with Crippen molar-refractivity contribution in [2.24, 2.45) is 5.84 Å². The van der Waals surface area contributed by atoms with Crippen molar-refractivity contribution in [2.45, 2.75) is 44.0 Å². The summed E-state index contributed by atoms with van der Waals surface area (Å²) in [5.74, 6) is 7.40. The second kappa shape index (κ2) is 11.5. The standard InChI is InChI=1S/C28H38N8O2S/c1-21-20-30-28(31-23-10-12-24(13-11-23)34-17-15-33(3)16-18-34)32-27(21)36(29)25-8-6-9-26(19-25)39(37,38)35-14-5-4-7-22(35)2/h6,8-13,19-20,22H,4-5,7,14-18,29H2,1-3H3,(H,30,31,32). The van der Waals surface area contributed by atoms with Crippen LogP contribution in [0, 0.1) is 6.92 Å². The first kappa shape index (κ1) is 27.3. The Morgan fingerprint density at radius 1 is 1.03 bits per heavy atom. The molecule has 39 heavy (non-hydrogen) atoms. The lowest BCUT2D eigenvalue weighted by Crippen LogP contribution is -2.44. The maximum atomic E-state index is 13.4. The van der Waals surface area contributed by atoms with Crippen molar-refractivity contribution in [1.29, 1.82) is 0 Å². The van der Waals surface area contributed by atoms with Gasteiger partial charge in [-0.25, -0.2) is 19.2 Å². The second-order valence-electron chi connectivity index (χ2n) is 10.5. The Morgan fingerprint density at radius 2 is 1.77 bits per heavy atom. The number of sulfonamides is 1. The molecule has 0 spiro atoms. The van der Waals surface area contributed by atoms with E-state index >= 15 is 0 Å². The smallest absolute Gasteiger partial charge is 0.243 e. The maximum absolute atomic E-state index is 13.4. The highest BCUT2D eigenvalue weighted by Gasteiger charge is 2.31. The number of benzene rings is 2. The summed E-state index contributed by atoms with van der Waals surface area (Å²) >= 11 is 0. The fraction of sp³-hybridized carbons (Fsp3) is 0.429. The van der Waals surface area contributed by atoms with Crippen LogP contribution in [-0.2, 0) is 10.0 Å². The summed E-state index contributed by atoms with van der Waals surface area (Å²) in [5, 5.41) is 4.68. The van der Waals surface area contributed by atoms with Gasteiger partial charge in [0.05, 0.1) is 10.6 Å². The molecule has 1 unspecified atom stereocenters. The van der Waals surface area contributed by atoms with E-state index in [1.54, 1.807) is 34.8 Å². The molecule has 2 aromatic carbocycles. The molecule has 5 rings (SSSR count). The van der Waals surface area contributed by atoms with Gasteiger partial charge in [-0.1, -0.05) is 12.5 Å². The molecule has 2 saturated heterocycles. The zero-order chi connectivity index (χ0) is 27.6. The van der Waals surface area contributed by atoms with Gasteiger partial charge in [-0.3, -0.25) is 5.01 Å². The van der Waals surface area contributed by atoms with Crippen LogP contribution in [0.3, 0.4) is 0 Å². The van der Waals surface area contributed by atoms with Gasteiger partial charge in [0.1, 0.15) is 0 Å². The van der Waals surface area contributed by atoms with Crippen molar-refractivity contribution in [3.05, 3.63) is 60.3 Å². The van der Waals surface area contributed by atoms with Gasteiger partial charge in [0.25, 0.3) is 0 Å². The first-order valence-electron chi connectivity index (χ1n) is 13.5. The van der Waals surface area contributed by atoms with E-state index in [0.717, 1.165) is 56.7 Å². The van der Waals surface area contributed by atoms with Crippen LogP contribution in [0.1, 0.15) is 31.7 Å². The van der Waals surface area contributed by atoms with Crippen molar-refractivity contribution < 1.29 is 8.42 Å². The van der Waals surface area contributed by atoms with Crippen LogP contribution < -0.4 is 21.1 Å². The van der Waals surface area contributed by atoms with Gasteiger partial charge in [0, 0.05) is 61.9 Å². The number of nitrogens with one attached hydrogen (secondary N) is 1. The van der Waals surface area contributed by atoms with Crippen molar-refractivity contribution in [1.82, 2.24) is 19.2 Å². The molecule has 10 nitrogen and oxygen atoms in total. The molecule has 2 aliphatic heterocycles. The van der Waals surface area contributed by atoms with Crippen molar-refractivity contribution in [2.75, 3.05) is 55.0 Å². The van der Waals surface area contributed by atoms with E-state index in [1.807, 2.05) is 26.0 Å². The average molecular weight is 551 g/mol. The lowest BCUT2D eigenvalue weighted by molar-refractivity contribution is 0.268. The third kappa shape index (κ3) is 6.01. The Bertz CT molecular complexity index is 1390. The van der Waals surface area contributed by atoms with Crippen LogP contribution in [0.15, 0.2) is 59.6 Å². The molecule has 1 atom stereocenters. The van der Waals surface area contributed by atoms with Crippen LogP contribution in [0.4, 0.5) is 28.8 Å². The number of hydrazine groups is 1. The lowest BCUT2D eigenvalue weighted by Gasteiger charge is -2.34. The zero-order valence-corrected chi connectivity index (χ0v) is 23.7. The molecule has 0 aliphatic carbocycles. The number of piperazine rings is 1. The summed E-state index contributed by atoms with van der Waals surface area (Å²) in [6.07, 6.45) is 4.50. The van der Waals surface area contributed by atoms with Gasteiger partial charge >= 0.3 is 0 Å². The first-order chi connectivity index (χ1) is 18.7. The Morgan fingerprint density at radius 3 is 2.49 bits per heavy atom. The van der Waals surface area contributed by atoms with Crippen molar-refractivity contribution in [3.8, 4) is 0 Å². The zero-order valence-electron chi connectivity index (χ0n) is 22.9. The minimum absolute atomic E-state index is 0.0188. The molecule has 2 fully saturated rings. The minimum Gasteiger partial charge on any atom is -0.369 e. The lowest BCUT2D eigenvalue weighted by atomic mass is 10.1. The number of rotatable bonds is 7. The van der Waals surface area contributed by atoms with E-state index in [2.05, 4.69) is 44.3 Å². The van der Waals surface area contributed by atoms with Crippen LogP contribution in [0.2, 0.25) is 0 Å². The van der Waals surface area contributed by atoms with E-state index in [0.29, 0.717) is 24.0 Å². The van der Waals surface area contributed by atoms with Crippen LogP contribution in [0.25, 0.3) is 0 Å². The molecule has 0 bridgehead atoms. The SMILES string of the molecule is Cc1cnc(Nc2ccc(N3CCN(C)CC3)cc2)nc1N(N)c1cccc(S(=O)(=O)N2CCCCC2C)c1. The highest BCUT2D eigenvalue weighted by atomic mass is 32.2. The molecule has 3 aromatic rings. The molecule has 3 N–H and O–H groups in total. The number of hydrogen-bond donors (Lipinski definition) is 2. The third-order valence-corrected chi connectivity index (χ3v) is 9.62. The summed E-state index contributed by atoms with van der Waals surface area (Å²) < 4.78 is 28.4. The van der Waals surface area contributed by atoms with Gasteiger partial charge in [-0.05, 0) is 76.2 Å². The van der Waals surface area contributed by atoms with Crippen LogP contribution in [0.5, 0.6) is 0 Å². The van der Waals surface area contributed by atoms with E-state index in [9.17, 15) is 8.42 Å². The maximum Gasteiger partial charge on any atom is 0.243 e. The molecule has 0 radical (unpaired) electrons. The molecule has 208 valence electrons. The number of nitrogens with two attached hydrogens (primary N) is 1. The molecule has 11 heteroatoms. The first-order valence-corrected chi connectivity index (χ1v) is 15.0. The third-order valence-electron chi connectivity index (χ3n) is 7.61. The topological polar surface area (TPSA) is 111 Å². The van der Waals surface area contributed by atoms with Gasteiger partial charge in [-0.15, -0.1) is 0 Å². The average Bonchev–Trinajstić information content (AvgIpc) is 2.95. The Kier molecular flexibility index (Phi) is 8.03. The molecule has 0 amide bonds. The number of nitrogens with zero attached hydrogens (tertiary/aromatic N) is 6. The Balaban J connectivity index is 1.33. The molecule has 1 aromatic heterocycles. The minimum atomic E-state index is -3.62. The number of piperidine rings is 1. The van der Waals surface area contributed by atoms with Gasteiger partial charge in [0.15, 0.2) is 5.82 Å². The monoisotopic (exact) mass is 550 g/mol. The summed E-state index contributed by atoms with van der Waals surface area (Å²) in [7, 11) is -1.47. The predicted molar refractivity (Wildman–Crippen MR) is 156 cm³/mol. The van der Waals surface area contributed by atoms with E-state index in [-0.39, 0.29) is 10.9 Å². The van der Waals surface area contributed by atoms with E-state index < -0.39 is 10.0 Å². The summed E-state index contributed by atoms with van der Waals surface area (Å²) in [5.41, 5.74) is 3.37. The van der Waals surface area contributed by atoms with Crippen molar-refractivity contribution in [3.63, 3.8) is 0 Å². The Hall–Kier alpha value is -3.25. The summed E-state index contributed by atoms with van der Waals surface area (Å²) in [6, 6.07) is 15.0. The van der Waals surface area contributed by atoms with Crippen molar-refractivity contribution >= 4 is 38.9 Å². The largest absolute Gasteiger partial charge is 0.369 e. The number of anilines is 5. The summed E-state index contributed by atoms with van der Waals surface area (Å²) in [4.78, 5) is 14.0. The Labute approximate surface area is 231 Å². The molecule has 0 saturated carbocycles. The highest BCUT2D eigenvalue weighted by molar-refractivity contribution is 7.89. The number of likely N-dealkylation sites (N-methyl/N-ethyl adjacent to an activating group) is 1. The quantitative estimate of drug-likeness (QED) is 0.335. The summed E-state index contributed by atoms with van der Waals surface area (Å²) in [6.45, 7) is 8.52. The van der Waals surface area contributed by atoms with E-state index in [4.69, 9.17) is 5.84 Å². The van der Waals surface area contributed by atoms with Gasteiger partial charge in [-0.2, -0.15) is 9.29 Å². The predicted octanol–water partition coefficient (Wildman–Crippen LogP) is 3.86. The van der Waals surface area contributed by atoms with Gasteiger partial charge < -0.3 is 15.1 Å². The number of aromatic nitrogens is 2. The van der Waals surface area contributed by atoms with Crippen LogP contribution in [-0.4, -0.2) is 73.4 Å². The fourth-order valence-corrected chi connectivity index (χ4v) is 6.91. The number of hydrogen-bond acceptors (Lipinski definition) is 9. The molecule has 2 aliphatic rings. The molecule has 3 heterocycles. The molecular weight excluding hydrogens is 512 g/mol. The fourth-order valence-electron chi connectivity index (χ4n) is 5.17.